The average molecular weight is 253 g/mol. The van der Waals surface area contributed by atoms with E-state index in [1.54, 1.807) is 0 Å². The Bertz CT molecular complexity index is 382. The molecule has 1 rings (SSSR count). The second-order valence-corrected chi connectivity index (χ2v) is 4.24. The van der Waals surface area contributed by atoms with Gasteiger partial charge in [-0.1, -0.05) is 6.07 Å². The first-order chi connectivity index (χ1) is 8.55. The van der Waals surface area contributed by atoms with E-state index in [9.17, 15) is 4.79 Å². The molecular weight excluding hydrogens is 234 g/mol. The van der Waals surface area contributed by atoms with Gasteiger partial charge in [-0.3, -0.25) is 4.79 Å². The fraction of sp³-hybridized carbons (Fsp3) is 0.462. The lowest BCUT2D eigenvalue weighted by atomic mass is 10.1. The van der Waals surface area contributed by atoms with E-state index >= 15 is 0 Å². The van der Waals surface area contributed by atoms with Gasteiger partial charge in [0.1, 0.15) is 5.75 Å². The van der Waals surface area contributed by atoms with Crippen molar-refractivity contribution in [3.05, 3.63) is 29.3 Å². The highest BCUT2D eigenvalue weighted by atomic mass is 16.5. The van der Waals surface area contributed by atoms with Crippen LogP contribution in [-0.2, 0) is 4.79 Å². The van der Waals surface area contributed by atoms with Crippen molar-refractivity contribution >= 4 is 5.91 Å². The summed E-state index contributed by atoms with van der Waals surface area (Å²) in [5.41, 5.74) is 2.13. The number of nitrogens with one attached hydrogen (secondary N) is 1. The maximum atomic E-state index is 11.5. The van der Waals surface area contributed by atoms with E-state index in [-0.39, 0.29) is 25.7 Å². The molecule has 0 bridgehead atoms. The molecule has 5 heteroatoms. The number of ether oxygens (including phenoxy) is 1. The molecular formula is C13H19NO4. The van der Waals surface area contributed by atoms with Crippen LogP contribution in [-0.4, -0.2) is 42.0 Å². The van der Waals surface area contributed by atoms with Crippen LogP contribution in [0.2, 0.25) is 0 Å². The van der Waals surface area contributed by atoms with Gasteiger partial charge >= 0.3 is 0 Å². The van der Waals surface area contributed by atoms with Crippen LogP contribution < -0.4 is 10.1 Å². The van der Waals surface area contributed by atoms with Gasteiger partial charge in [0.15, 0.2) is 6.61 Å². The topological polar surface area (TPSA) is 78.8 Å². The molecule has 0 unspecified atom stereocenters. The van der Waals surface area contributed by atoms with Crippen LogP contribution in [0.25, 0.3) is 0 Å². The summed E-state index contributed by atoms with van der Waals surface area (Å²) in [6.45, 7) is 3.16. The quantitative estimate of drug-likeness (QED) is 0.674. The van der Waals surface area contributed by atoms with Crippen LogP contribution in [0.15, 0.2) is 18.2 Å². The van der Waals surface area contributed by atoms with E-state index in [4.69, 9.17) is 14.9 Å². The van der Waals surface area contributed by atoms with Crippen molar-refractivity contribution < 1.29 is 19.7 Å². The van der Waals surface area contributed by atoms with Crippen molar-refractivity contribution in [1.82, 2.24) is 5.32 Å². The van der Waals surface area contributed by atoms with Gasteiger partial charge in [0.2, 0.25) is 0 Å². The lowest BCUT2D eigenvalue weighted by Crippen LogP contribution is -2.42. The summed E-state index contributed by atoms with van der Waals surface area (Å²) in [4.78, 5) is 11.5. The van der Waals surface area contributed by atoms with Crippen molar-refractivity contribution in [1.29, 1.82) is 0 Å². The molecule has 1 aromatic carbocycles. The predicted octanol–water partition coefficient (Wildman–Crippen LogP) is 0.152. The summed E-state index contributed by atoms with van der Waals surface area (Å²) >= 11 is 0. The Morgan fingerprint density at radius 1 is 1.22 bits per heavy atom. The molecule has 0 spiro atoms. The maximum Gasteiger partial charge on any atom is 0.258 e. The Kier molecular flexibility index (Phi) is 5.61. The third kappa shape index (κ3) is 4.73. The van der Waals surface area contributed by atoms with Gasteiger partial charge in [-0.2, -0.15) is 0 Å². The van der Waals surface area contributed by atoms with Crippen LogP contribution in [0.1, 0.15) is 11.1 Å². The number of hydrogen-bond donors (Lipinski definition) is 3. The second kappa shape index (κ2) is 6.98. The van der Waals surface area contributed by atoms with Gasteiger partial charge in [-0.15, -0.1) is 0 Å². The van der Waals surface area contributed by atoms with E-state index in [1.165, 1.54) is 0 Å². The summed E-state index contributed by atoms with van der Waals surface area (Å²) in [7, 11) is 0. The van der Waals surface area contributed by atoms with Crippen LogP contribution in [0.3, 0.4) is 0 Å². The predicted molar refractivity (Wildman–Crippen MR) is 67.5 cm³/mol. The lowest BCUT2D eigenvalue weighted by molar-refractivity contribution is -0.124. The van der Waals surface area contributed by atoms with Gasteiger partial charge in [0.05, 0.1) is 19.3 Å². The molecule has 0 radical (unpaired) electrons. The summed E-state index contributed by atoms with van der Waals surface area (Å²) in [6.07, 6.45) is 0. The van der Waals surface area contributed by atoms with Crippen molar-refractivity contribution in [3.8, 4) is 5.75 Å². The number of hydrogen-bond acceptors (Lipinski definition) is 4. The molecule has 0 saturated carbocycles. The zero-order chi connectivity index (χ0) is 13.5. The highest BCUT2D eigenvalue weighted by Gasteiger charge is 2.10. The number of aliphatic hydroxyl groups excluding tert-OH is 2. The molecule has 100 valence electrons. The Hall–Kier alpha value is -1.59. The molecule has 0 heterocycles. The number of benzene rings is 1. The minimum atomic E-state index is -0.639. The second-order valence-electron chi connectivity index (χ2n) is 4.24. The molecule has 1 aromatic rings. The normalized spacial score (nSPS) is 10.5. The van der Waals surface area contributed by atoms with Crippen LogP contribution >= 0.6 is 0 Å². The molecule has 0 aliphatic carbocycles. The lowest BCUT2D eigenvalue weighted by Gasteiger charge is -2.14. The smallest absolute Gasteiger partial charge is 0.258 e. The standard InChI is InChI=1S/C13H19NO4/c1-9-3-10(2)5-12(4-9)18-8-13(17)14-11(6-15)7-16/h3-5,11,15-16H,6-8H2,1-2H3,(H,14,17). The van der Waals surface area contributed by atoms with E-state index in [0.29, 0.717) is 5.75 Å². The van der Waals surface area contributed by atoms with Crippen molar-refractivity contribution in [2.24, 2.45) is 0 Å². The van der Waals surface area contributed by atoms with Crippen LogP contribution in [0.4, 0.5) is 0 Å². The zero-order valence-electron chi connectivity index (χ0n) is 10.6. The highest BCUT2D eigenvalue weighted by Crippen LogP contribution is 2.15. The number of aryl methyl sites for hydroxylation is 2. The average Bonchev–Trinajstić information content (AvgIpc) is 2.32. The minimum absolute atomic E-state index is 0.139. The van der Waals surface area contributed by atoms with Gasteiger partial charge < -0.3 is 20.3 Å². The highest BCUT2D eigenvalue weighted by molar-refractivity contribution is 5.77. The first-order valence-corrected chi connectivity index (χ1v) is 5.77. The number of carbonyl (C=O) groups excluding carboxylic acids is 1. The fourth-order valence-electron chi connectivity index (χ4n) is 1.58. The number of amides is 1. The molecule has 18 heavy (non-hydrogen) atoms. The molecule has 0 fully saturated rings. The van der Waals surface area contributed by atoms with Crippen molar-refractivity contribution in [2.45, 2.75) is 19.9 Å². The third-order valence-electron chi connectivity index (χ3n) is 2.37. The van der Waals surface area contributed by atoms with E-state index in [2.05, 4.69) is 5.32 Å². The van der Waals surface area contributed by atoms with Crippen molar-refractivity contribution in [3.63, 3.8) is 0 Å². The first kappa shape index (κ1) is 14.5. The van der Waals surface area contributed by atoms with E-state index < -0.39 is 6.04 Å². The molecule has 0 saturated heterocycles. The van der Waals surface area contributed by atoms with Gasteiger partial charge in [0, 0.05) is 0 Å². The van der Waals surface area contributed by atoms with Crippen LogP contribution in [0.5, 0.6) is 5.75 Å². The summed E-state index contributed by atoms with van der Waals surface area (Å²) in [5, 5.41) is 20.1. The Labute approximate surface area is 106 Å². The summed E-state index contributed by atoms with van der Waals surface area (Å²) < 4.78 is 5.34. The van der Waals surface area contributed by atoms with Gasteiger partial charge in [-0.05, 0) is 37.1 Å². The number of aliphatic hydroxyl groups is 2. The Balaban J connectivity index is 2.47. The number of carbonyl (C=O) groups is 1. The molecule has 5 nitrogen and oxygen atoms in total. The summed E-state index contributed by atoms with van der Waals surface area (Å²) in [6, 6.07) is 5.06. The van der Waals surface area contributed by atoms with E-state index in [0.717, 1.165) is 11.1 Å². The first-order valence-electron chi connectivity index (χ1n) is 5.77. The number of rotatable bonds is 6. The Morgan fingerprint density at radius 2 is 1.78 bits per heavy atom. The molecule has 0 aliphatic rings. The third-order valence-corrected chi connectivity index (χ3v) is 2.37. The zero-order valence-corrected chi connectivity index (χ0v) is 10.6. The van der Waals surface area contributed by atoms with E-state index in [1.807, 2.05) is 32.0 Å². The largest absolute Gasteiger partial charge is 0.484 e. The molecule has 0 atom stereocenters. The Morgan fingerprint density at radius 3 is 2.28 bits per heavy atom. The molecule has 1 amide bonds. The minimum Gasteiger partial charge on any atom is -0.484 e. The van der Waals surface area contributed by atoms with Gasteiger partial charge in [-0.25, -0.2) is 0 Å². The van der Waals surface area contributed by atoms with Crippen LogP contribution in [0, 0.1) is 13.8 Å². The summed E-state index contributed by atoms with van der Waals surface area (Å²) in [5.74, 6) is 0.259. The molecule has 0 aliphatic heterocycles. The van der Waals surface area contributed by atoms with Gasteiger partial charge in [0.25, 0.3) is 5.91 Å². The fourth-order valence-corrected chi connectivity index (χ4v) is 1.58. The maximum absolute atomic E-state index is 11.5. The van der Waals surface area contributed by atoms with Crippen molar-refractivity contribution in [2.75, 3.05) is 19.8 Å². The molecule has 3 N–H and O–H groups in total. The monoisotopic (exact) mass is 253 g/mol. The molecule has 0 aromatic heterocycles. The SMILES string of the molecule is Cc1cc(C)cc(OCC(=O)NC(CO)CO)c1.